The highest BCUT2D eigenvalue weighted by Crippen LogP contribution is 2.42. The monoisotopic (exact) mass is 582 g/mol. The number of nitrogens with two attached hydrogens (primary N) is 2. The van der Waals surface area contributed by atoms with Crippen molar-refractivity contribution in [2.75, 3.05) is 11.5 Å². The Kier molecular flexibility index (Phi) is 5.99. The quantitative estimate of drug-likeness (QED) is 0.124. The highest BCUT2D eigenvalue weighted by Gasteiger charge is 2.38. The molecule has 0 spiro atoms. The highest BCUT2D eigenvalue weighted by molar-refractivity contribution is 6.11. The van der Waals surface area contributed by atoms with Crippen LogP contribution in [0.15, 0.2) is 81.6 Å². The maximum Gasteiger partial charge on any atom is 0.419 e. The van der Waals surface area contributed by atoms with Crippen LogP contribution < -0.4 is 11.5 Å². The number of benzene rings is 4. The lowest BCUT2D eigenvalue weighted by Gasteiger charge is -2.12. The summed E-state index contributed by atoms with van der Waals surface area (Å²) in [5, 5.41) is 0. The number of nitrogens with zero attached hydrogens (tertiary/aromatic N) is 2. The van der Waals surface area contributed by atoms with Gasteiger partial charge in [-0.2, -0.15) is 26.3 Å². The van der Waals surface area contributed by atoms with Crippen molar-refractivity contribution >= 4 is 39.4 Å². The molecule has 0 fully saturated rings. The molecule has 0 aliphatic heterocycles. The molecule has 0 saturated heterocycles. The first-order chi connectivity index (χ1) is 19.8. The van der Waals surface area contributed by atoms with Crippen molar-refractivity contribution in [2.24, 2.45) is 0 Å². The summed E-state index contributed by atoms with van der Waals surface area (Å²) in [6.45, 7) is 0. The second-order valence-electron chi connectivity index (χ2n) is 9.27. The summed E-state index contributed by atoms with van der Waals surface area (Å²) in [6, 6.07) is 15.6. The average molecular weight is 582 g/mol. The first-order valence-electron chi connectivity index (χ1n) is 12.1. The Bertz CT molecular complexity index is 1880. The molecular formula is C29H16F6N4O3. The molecule has 2 aromatic heterocycles. The predicted molar refractivity (Wildman–Crippen MR) is 141 cm³/mol. The zero-order valence-corrected chi connectivity index (χ0v) is 21.0. The largest absolute Gasteiger partial charge is 0.436 e. The van der Waals surface area contributed by atoms with Crippen LogP contribution in [0, 0.1) is 0 Å². The fraction of sp³-hybridized carbons (Fsp3) is 0.0690. The van der Waals surface area contributed by atoms with Crippen molar-refractivity contribution < 1.29 is 40.0 Å². The summed E-state index contributed by atoms with van der Waals surface area (Å²) >= 11 is 0. The molecule has 0 atom stereocenters. The summed E-state index contributed by atoms with van der Waals surface area (Å²) < 4.78 is 93.0. The van der Waals surface area contributed by atoms with Crippen molar-refractivity contribution in [3.63, 3.8) is 0 Å². The van der Waals surface area contributed by atoms with E-state index in [4.69, 9.17) is 20.3 Å². The SMILES string of the molecule is Nc1cccc(-c2nc3cc(C(=O)c4ccc5oc(-c6cccc(N)c6C(F)(F)F)nc5c4)ccc3o2)c1C(F)(F)F. The van der Waals surface area contributed by atoms with E-state index in [1.807, 2.05) is 0 Å². The third kappa shape index (κ3) is 4.58. The Morgan fingerprint density at radius 1 is 0.619 bits per heavy atom. The van der Waals surface area contributed by atoms with Gasteiger partial charge in [0.25, 0.3) is 0 Å². The number of halogens is 6. The molecule has 0 bridgehead atoms. The van der Waals surface area contributed by atoms with E-state index < -0.39 is 40.6 Å². The third-order valence-electron chi connectivity index (χ3n) is 6.52. The van der Waals surface area contributed by atoms with E-state index in [0.29, 0.717) is 0 Å². The first-order valence-corrected chi connectivity index (χ1v) is 12.1. The zero-order valence-electron chi connectivity index (χ0n) is 21.0. The van der Waals surface area contributed by atoms with Crippen LogP contribution in [0.3, 0.4) is 0 Å². The van der Waals surface area contributed by atoms with Crippen LogP contribution in [0.1, 0.15) is 27.0 Å². The summed E-state index contributed by atoms with van der Waals surface area (Å²) in [5.74, 6) is -1.16. The van der Waals surface area contributed by atoms with E-state index >= 15 is 0 Å². The first kappa shape index (κ1) is 26.9. The molecule has 6 aromatic rings. The van der Waals surface area contributed by atoms with Gasteiger partial charge in [-0.25, -0.2) is 9.97 Å². The van der Waals surface area contributed by atoms with Gasteiger partial charge in [-0.05, 0) is 60.7 Å². The molecule has 0 amide bonds. The summed E-state index contributed by atoms with van der Waals surface area (Å²) in [7, 11) is 0. The van der Waals surface area contributed by atoms with Crippen molar-refractivity contribution in [1.82, 2.24) is 9.97 Å². The van der Waals surface area contributed by atoms with Crippen LogP contribution in [0.4, 0.5) is 37.7 Å². The van der Waals surface area contributed by atoms with Gasteiger partial charge >= 0.3 is 12.4 Å². The number of rotatable bonds is 4. The minimum atomic E-state index is -4.76. The number of nitrogen functional groups attached to an aromatic ring is 2. The molecule has 0 aliphatic rings. The van der Waals surface area contributed by atoms with E-state index in [2.05, 4.69) is 9.97 Å². The summed E-state index contributed by atoms with van der Waals surface area (Å²) in [5.41, 5.74) is 8.05. The molecule has 42 heavy (non-hydrogen) atoms. The molecule has 0 radical (unpaired) electrons. The molecule has 0 unspecified atom stereocenters. The van der Waals surface area contributed by atoms with E-state index in [1.54, 1.807) is 0 Å². The van der Waals surface area contributed by atoms with Gasteiger partial charge in [0.2, 0.25) is 11.8 Å². The van der Waals surface area contributed by atoms with Crippen molar-refractivity contribution in [3.05, 3.63) is 95.1 Å². The van der Waals surface area contributed by atoms with E-state index in [9.17, 15) is 31.1 Å². The van der Waals surface area contributed by atoms with Crippen LogP contribution in [-0.4, -0.2) is 15.8 Å². The van der Waals surface area contributed by atoms with Gasteiger partial charge in [0.05, 0.1) is 22.3 Å². The van der Waals surface area contributed by atoms with E-state index in [0.717, 1.165) is 12.1 Å². The highest BCUT2D eigenvalue weighted by atomic mass is 19.4. The Morgan fingerprint density at radius 2 is 1.02 bits per heavy atom. The second-order valence-corrected chi connectivity index (χ2v) is 9.27. The summed E-state index contributed by atoms with van der Waals surface area (Å²) in [6.07, 6.45) is -9.52. The van der Waals surface area contributed by atoms with E-state index in [1.165, 1.54) is 60.7 Å². The molecule has 4 aromatic carbocycles. The fourth-order valence-electron chi connectivity index (χ4n) is 4.66. The number of anilines is 2. The lowest BCUT2D eigenvalue weighted by molar-refractivity contribution is -0.137. The second kappa shape index (κ2) is 9.36. The molecule has 0 aliphatic carbocycles. The Labute approximate surface area is 231 Å². The third-order valence-corrected chi connectivity index (χ3v) is 6.52. The Hall–Kier alpha value is -5.33. The number of oxazole rings is 2. The number of alkyl halides is 6. The smallest absolute Gasteiger partial charge is 0.419 e. The number of carbonyl (C=O) groups excluding carboxylic acids is 1. The topological polar surface area (TPSA) is 121 Å². The lowest BCUT2D eigenvalue weighted by atomic mass is 10.0. The zero-order chi connectivity index (χ0) is 30.0. The van der Waals surface area contributed by atoms with Gasteiger partial charge in [0.15, 0.2) is 16.9 Å². The van der Waals surface area contributed by atoms with E-state index in [-0.39, 0.29) is 56.2 Å². The minimum Gasteiger partial charge on any atom is -0.436 e. The van der Waals surface area contributed by atoms with Gasteiger partial charge in [0, 0.05) is 22.5 Å². The van der Waals surface area contributed by atoms with Crippen LogP contribution in [0.25, 0.3) is 45.1 Å². The number of fused-ring (bicyclic) bond motifs is 2. The molecule has 7 nitrogen and oxygen atoms in total. The standard InChI is InChI=1S/C29H16F6N4O3/c30-28(31,32)23-15(3-1-5-17(23)36)26-38-19-11-13(7-9-21(19)41-26)25(40)14-8-10-22-20(12-14)39-27(42-22)16-4-2-6-18(37)24(16)29(33,34)35/h1-12H,36-37H2. The normalized spacial score (nSPS) is 12.3. The molecule has 0 saturated carbocycles. The molecule has 2 heterocycles. The Balaban J connectivity index is 1.36. The van der Waals surface area contributed by atoms with Gasteiger partial charge in [-0.15, -0.1) is 0 Å². The molecule has 212 valence electrons. The number of ketones is 1. The van der Waals surface area contributed by atoms with Crippen LogP contribution >= 0.6 is 0 Å². The molecular weight excluding hydrogens is 566 g/mol. The number of carbonyl (C=O) groups is 1. The van der Waals surface area contributed by atoms with Gasteiger partial charge < -0.3 is 20.3 Å². The lowest BCUT2D eigenvalue weighted by Crippen LogP contribution is -2.10. The van der Waals surface area contributed by atoms with Crippen LogP contribution in [0.2, 0.25) is 0 Å². The van der Waals surface area contributed by atoms with Gasteiger partial charge in [-0.3, -0.25) is 4.79 Å². The van der Waals surface area contributed by atoms with Crippen LogP contribution in [0.5, 0.6) is 0 Å². The van der Waals surface area contributed by atoms with Crippen molar-refractivity contribution in [2.45, 2.75) is 12.4 Å². The Morgan fingerprint density at radius 3 is 1.40 bits per heavy atom. The van der Waals surface area contributed by atoms with Gasteiger partial charge in [0.1, 0.15) is 11.0 Å². The van der Waals surface area contributed by atoms with Gasteiger partial charge in [-0.1, -0.05) is 12.1 Å². The van der Waals surface area contributed by atoms with Crippen LogP contribution in [-0.2, 0) is 12.4 Å². The predicted octanol–water partition coefficient (Wildman–Crippen LogP) is 7.74. The molecule has 13 heteroatoms. The number of hydrogen-bond donors (Lipinski definition) is 2. The fourth-order valence-corrected chi connectivity index (χ4v) is 4.66. The van der Waals surface area contributed by atoms with Crippen molar-refractivity contribution in [3.8, 4) is 22.9 Å². The number of aromatic nitrogens is 2. The maximum absolute atomic E-state index is 13.6. The molecule has 4 N–H and O–H groups in total. The average Bonchev–Trinajstić information content (AvgIpc) is 3.54. The maximum atomic E-state index is 13.6. The number of hydrogen-bond acceptors (Lipinski definition) is 7. The summed E-state index contributed by atoms with van der Waals surface area (Å²) in [4.78, 5) is 21.6. The minimum absolute atomic E-state index is 0.123. The molecule has 6 rings (SSSR count). The van der Waals surface area contributed by atoms with Crippen molar-refractivity contribution in [1.29, 1.82) is 0 Å².